The number of esters is 5. The average Bonchev–Trinajstić information content (AvgIpc) is 3.19. The zero-order valence-electron chi connectivity index (χ0n) is 25.5. The van der Waals surface area contributed by atoms with Crippen LogP contribution in [0, 0.1) is 27.1 Å². The van der Waals surface area contributed by atoms with Gasteiger partial charge < -0.3 is 28.8 Å². The number of carbonyl (C=O) groups is 5. The Labute approximate surface area is 244 Å². The van der Waals surface area contributed by atoms with Crippen LogP contribution in [0.2, 0.25) is 0 Å². The minimum Gasteiger partial charge on any atom is -0.464 e. The number of cyclic esters (lactones) is 3. The summed E-state index contributed by atoms with van der Waals surface area (Å²) in [4.78, 5) is 66.7. The van der Waals surface area contributed by atoms with E-state index >= 15 is 0 Å². The van der Waals surface area contributed by atoms with E-state index in [0.29, 0.717) is 11.1 Å². The lowest BCUT2D eigenvalue weighted by atomic mass is 9.38. The third kappa shape index (κ3) is 3.03. The van der Waals surface area contributed by atoms with Crippen LogP contribution >= 0.6 is 0 Å². The topological polar surface area (TPSA) is 152 Å². The smallest absolute Gasteiger partial charge is 0.335 e. The fourth-order valence-electron chi connectivity index (χ4n) is 9.43. The Morgan fingerprint density at radius 3 is 2.05 bits per heavy atom. The quantitative estimate of drug-likeness (QED) is 0.294. The van der Waals surface area contributed by atoms with Gasteiger partial charge >= 0.3 is 29.8 Å². The molecule has 9 atom stereocenters. The largest absolute Gasteiger partial charge is 0.464 e. The summed E-state index contributed by atoms with van der Waals surface area (Å²) in [5, 5.41) is 10.9. The number of rotatable bonds is 3. The number of hydrogen-bond acceptors (Lipinski definition) is 11. The third-order valence-corrected chi connectivity index (χ3v) is 12.1. The van der Waals surface area contributed by atoms with E-state index in [1.165, 1.54) is 13.8 Å². The van der Waals surface area contributed by atoms with Crippen LogP contribution in [0.4, 0.5) is 0 Å². The minimum absolute atomic E-state index is 0.00836. The summed E-state index contributed by atoms with van der Waals surface area (Å²) in [6.07, 6.45) is -4.22. The van der Waals surface area contributed by atoms with Crippen molar-refractivity contribution in [3.63, 3.8) is 0 Å². The highest BCUT2D eigenvalue weighted by molar-refractivity contribution is 5.95. The first-order valence-electron chi connectivity index (χ1n) is 14.2. The molecular formula is C31H40O11. The molecule has 0 aromatic rings. The second-order valence-electron chi connectivity index (χ2n) is 13.9. The summed E-state index contributed by atoms with van der Waals surface area (Å²) in [6, 6.07) is 0. The second-order valence-corrected chi connectivity index (χ2v) is 13.9. The van der Waals surface area contributed by atoms with E-state index in [2.05, 4.69) is 13.2 Å². The van der Waals surface area contributed by atoms with Gasteiger partial charge in [0, 0.05) is 30.1 Å². The predicted molar refractivity (Wildman–Crippen MR) is 144 cm³/mol. The molecule has 0 unspecified atom stereocenters. The van der Waals surface area contributed by atoms with Gasteiger partial charge in [-0.2, -0.15) is 0 Å². The summed E-state index contributed by atoms with van der Waals surface area (Å²) >= 11 is 0. The van der Waals surface area contributed by atoms with Gasteiger partial charge in [0.05, 0.1) is 5.41 Å². The van der Waals surface area contributed by atoms with Gasteiger partial charge in [-0.3, -0.25) is 19.2 Å². The highest BCUT2D eigenvalue weighted by Crippen LogP contribution is 2.84. The molecule has 2 saturated carbocycles. The molecule has 3 aliphatic heterocycles. The van der Waals surface area contributed by atoms with Crippen molar-refractivity contribution >= 4 is 29.8 Å². The maximum Gasteiger partial charge on any atom is 0.335 e. The predicted octanol–water partition coefficient (Wildman–Crippen LogP) is 2.72. The van der Waals surface area contributed by atoms with Crippen molar-refractivity contribution < 1.29 is 52.8 Å². The minimum atomic E-state index is -1.63. The summed E-state index contributed by atoms with van der Waals surface area (Å²) in [5.74, 6) is -3.57. The molecule has 3 saturated heterocycles. The van der Waals surface area contributed by atoms with Crippen LogP contribution in [-0.2, 0) is 47.7 Å². The van der Waals surface area contributed by atoms with Crippen LogP contribution < -0.4 is 0 Å². The van der Waals surface area contributed by atoms with Crippen molar-refractivity contribution in [2.24, 2.45) is 27.1 Å². The molecule has 11 nitrogen and oxygen atoms in total. The molecule has 2 aliphatic carbocycles. The Morgan fingerprint density at radius 2 is 1.50 bits per heavy atom. The van der Waals surface area contributed by atoms with Gasteiger partial charge in [0.1, 0.15) is 23.7 Å². The van der Waals surface area contributed by atoms with Crippen LogP contribution in [-0.4, -0.2) is 71.1 Å². The van der Waals surface area contributed by atoms with Gasteiger partial charge in [-0.1, -0.05) is 25.7 Å². The number of carbonyl (C=O) groups excluding carboxylic acids is 5. The van der Waals surface area contributed by atoms with E-state index in [-0.39, 0.29) is 25.9 Å². The van der Waals surface area contributed by atoms with E-state index in [4.69, 9.17) is 23.7 Å². The zero-order chi connectivity index (χ0) is 31.6. The van der Waals surface area contributed by atoms with E-state index < -0.39 is 86.4 Å². The van der Waals surface area contributed by atoms with Crippen LogP contribution in [0.25, 0.3) is 0 Å². The Kier molecular flexibility index (Phi) is 6.09. The Bertz CT molecular complexity index is 1360. The van der Waals surface area contributed by atoms with E-state index in [1.54, 1.807) is 41.5 Å². The maximum atomic E-state index is 14.4. The van der Waals surface area contributed by atoms with Crippen LogP contribution in [0.3, 0.4) is 0 Å². The number of fused-ring (bicyclic) bond motifs is 1. The Hall–Kier alpha value is -3.21. The van der Waals surface area contributed by atoms with Gasteiger partial charge in [0.25, 0.3) is 0 Å². The van der Waals surface area contributed by atoms with Crippen molar-refractivity contribution in [1.29, 1.82) is 0 Å². The standard InChI is InChI=1S/C31H40O11/c1-15(2)26(8)22(40-18(5)33)31-13-30(24(37)42-26)14-38-23(36)28(30,10)27(31,9)20(39-17(4)32)12-29(16(31)3)11-19(34)21(35)41-25(29,6)7/h19-20,22,34H,1,3,11-14H2,2,4-10H3/t19-,20-,22-,26+,27-,28+,29+,30+,31-/m0/s1. The van der Waals surface area contributed by atoms with E-state index in [1.807, 2.05) is 0 Å². The van der Waals surface area contributed by atoms with Crippen molar-refractivity contribution in [1.82, 2.24) is 0 Å². The first kappa shape index (κ1) is 30.3. The molecule has 0 radical (unpaired) electrons. The lowest BCUT2D eigenvalue weighted by Crippen LogP contribution is -2.74. The molecule has 0 aromatic heterocycles. The van der Waals surface area contributed by atoms with Crippen molar-refractivity contribution in [2.45, 2.75) is 104 Å². The number of ether oxygens (including phenoxy) is 5. The molecule has 230 valence electrons. The number of aliphatic hydroxyl groups excluding tert-OH is 1. The fraction of sp³-hybridized carbons (Fsp3) is 0.710. The second kappa shape index (κ2) is 8.45. The molecule has 5 fully saturated rings. The molecule has 11 heteroatoms. The van der Waals surface area contributed by atoms with Crippen molar-refractivity contribution in [2.75, 3.05) is 6.61 Å². The van der Waals surface area contributed by atoms with Crippen molar-refractivity contribution in [3.8, 4) is 0 Å². The molecule has 2 bridgehead atoms. The number of hydrogen-bond donors (Lipinski definition) is 1. The van der Waals surface area contributed by atoms with Gasteiger partial charge in [-0.25, -0.2) is 4.79 Å². The molecule has 42 heavy (non-hydrogen) atoms. The Morgan fingerprint density at radius 1 is 0.905 bits per heavy atom. The molecule has 5 aliphatic rings. The lowest BCUT2D eigenvalue weighted by Gasteiger charge is -2.68. The van der Waals surface area contributed by atoms with E-state index in [0.717, 1.165) is 0 Å². The Balaban J connectivity index is 1.97. The summed E-state index contributed by atoms with van der Waals surface area (Å²) in [7, 11) is 0. The first-order chi connectivity index (χ1) is 19.1. The summed E-state index contributed by atoms with van der Waals surface area (Å²) in [5.41, 5.74) is -9.66. The number of aliphatic hydroxyl groups is 1. The van der Waals surface area contributed by atoms with Gasteiger partial charge in [-0.05, 0) is 59.5 Å². The summed E-state index contributed by atoms with van der Waals surface area (Å²) < 4.78 is 29.9. The zero-order valence-corrected chi connectivity index (χ0v) is 25.5. The van der Waals surface area contributed by atoms with Gasteiger partial charge in [-0.15, -0.1) is 0 Å². The summed E-state index contributed by atoms with van der Waals surface area (Å²) in [6.45, 7) is 20.8. The average molecular weight is 589 g/mol. The normalized spacial score (nSPS) is 46.9. The fourth-order valence-corrected chi connectivity index (χ4v) is 9.43. The van der Waals surface area contributed by atoms with Gasteiger partial charge in [0.15, 0.2) is 17.8 Å². The van der Waals surface area contributed by atoms with E-state index in [9.17, 15) is 29.1 Å². The van der Waals surface area contributed by atoms with Crippen LogP contribution in [0.1, 0.15) is 74.7 Å². The van der Waals surface area contributed by atoms with Crippen LogP contribution in [0.15, 0.2) is 24.3 Å². The molecule has 0 aromatic carbocycles. The highest BCUT2D eigenvalue weighted by atomic mass is 16.6. The molecule has 3 spiro atoms. The highest BCUT2D eigenvalue weighted by Gasteiger charge is 2.92. The third-order valence-electron chi connectivity index (χ3n) is 12.1. The molecule has 0 amide bonds. The maximum absolute atomic E-state index is 14.4. The molecule has 3 heterocycles. The van der Waals surface area contributed by atoms with Crippen LogP contribution in [0.5, 0.6) is 0 Å². The molecule has 1 N–H and O–H groups in total. The van der Waals surface area contributed by atoms with Gasteiger partial charge in [0.2, 0.25) is 0 Å². The van der Waals surface area contributed by atoms with Crippen molar-refractivity contribution in [3.05, 3.63) is 24.3 Å². The lowest BCUT2D eigenvalue weighted by molar-refractivity contribution is -0.261. The molecule has 5 rings (SSSR count). The SMILES string of the molecule is C=C1[C@]2(C[C@H](OC(C)=O)[C@@]3(C)[C@@]4(C)C(=O)OC[C@@]45C[C@@]13[C@@H](OC(C)=O)[C@@](C)(C(=C)C)OC5=O)C[C@H](O)C(=O)OC2(C)C. The molecular weight excluding hydrogens is 548 g/mol. The monoisotopic (exact) mass is 588 g/mol. The first-order valence-corrected chi connectivity index (χ1v) is 14.2.